The van der Waals surface area contributed by atoms with Crippen molar-refractivity contribution in [3.05, 3.63) is 0 Å². The lowest BCUT2D eigenvalue weighted by atomic mass is 9.64. The molecule has 0 radical (unpaired) electrons. The van der Waals surface area contributed by atoms with E-state index in [1.165, 1.54) is 0 Å². The van der Waals surface area contributed by atoms with Crippen LogP contribution in [-0.4, -0.2) is 60.8 Å². The van der Waals surface area contributed by atoms with Gasteiger partial charge in [-0.3, -0.25) is 9.59 Å². The number of nitrogens with zero attached hydrogens (tertiary/aromatic N) is 1. The zero-order chi connectivity index (χ0) is 22.3. The van der Waals surface area contributed by atoms with E-state index in [1.807, 2.05) is 11.9 Å². The van der Waals surface area contributed by atoms with Crippen LogP contribution < -0.4 is 10.6 Å². The number of rotatable bonds is 3. The molecule has 4 rings (SSSR count). The van der Waals surface area contributed by atoms with Gasteiger partial charge in [0.05, 0.1) is 0 Å². The van der Waals surface area contributed by atoms with Crippen molar-refractivity contribution in [2.24, 2.45) is 29.6 Å². The normalized spacial score (nSPS) is 46.4. The highest BCUT2D eigenvalue weighted by atomic mass is 19.2. The monoisotopic (exact) mass is 439 g/mol. The van der Waals surface area contributed by atoms with Crippen molar-refractivity contribution in [3.8, 4) is 0 Å². The van der Waals surface area contributed by atoms with Crippen molar-refractivity contribution >= 4 is 11.8 Å². The highest BCUT2D eigenvalue weighted by molar-refractivity contribution is 5.81. The number of carbonyl (C=O) groups excluding carboxylic acids is 2. The number of hydrogen-bond donors (Lipinski definition) is 2. The van der Waals surface area contributed by atoms with Gasteiger partial charge in [-0.25, -0.2) is 8.78 Å². The molecular formula is C24H39F2N3O2. The molecule has 10 atom stereocenters. The second-order valence-corrected chi connectivity index (χ2v) is 10.9. The summed E-state index contributed by atoms with van der Waals surface area (Å²) in [4.78, 5) is 28.3. The van der Waals surface area contributed by atoms with E-state index in [1.54, 1.807) is 0 Å². The second-order valence-electron chi connectivity index (χ2n) is 10.9. The van der Waals surface area contributed by atoms with Crippen molar-refractivity contribution < 1.29 is 18.4 Å². The van der Waals surface area contributed by atoms with Gasteiger partial charge >= 0.3 is 0 Å². The SMILES string of the molecule is CC1CC2C(CN1)CC(C1CC(C(=O)NC3CCC(F)C(F)C3)CCC1C)C(=O)N2C. The van der Waals surface area contributed by atoms with E-state index in [0.717, 1.165) is 38.6 Å². The predicted octanol–water partition coefficient (Wildman–Crippen LogP) is 3.23. The Morgan fingerprint density at radius 3 is 2.55 bits per heavy atom. The summed E-state index contributed by atoms with van der Waals surface area (Å²) in [6.45, 7) is 5.35. The molecule has 0 bridgehead atoms. The minimum atomic E-state index is -1.48. The zero-order valence-electron chi connectivity index (χ0n) is 19.2. The smallest absolute Gasteiger partial charge is 0.225 e. The van der Waals surface area contributed by atoms with Crippen LogP contribution in [0.2, 0.25) is 0 Å². The van der Waals surface area contributed by atoms with Gasteiger partial charge in [-0.05, 0) is 69.6 Å². The molecule has 2 saturated carbocycles. The Bertz CT molecular complexity index is 677. The summed E-state index contributed by atoms with van der Waals surface area (Å²) in [5, 5.41) is 6.57. The Balaban J connectivity index is 1.39. The average molecular weight is 440 g/mol. The maximum atomic E-state index is 13.7. The quantitative estimate of drug-likeness (QED) is 0.710. The molecule has 4 aliphatic rings. The van der Waals surface area contributed by atoms with Crippen LogP contribution in [0, 0.1) is 29.6 Å². The molecule has 2 amide bonds. The van der Waals surface area contributed by atoms with Gasteiger partial charge in [-0.15, -0.1) is 0 Å². The molecule has 2 heterocycles. The molecule has 0 aromatic heterocycles. The van der Waals surface area contributed by atoms with E-state index in [0.29, 0.717) is 30.3 Å². The van der Waals surface area contributed by atoms with E-state index in [2.05, 4.69) is 24.5 Å². The fourth-order valence-electron chi connectivity index (χ4n) is 6.74. The Morgan fingerprint density at radius 1 is 1.03 bits per heavy atom. The van der Waals surface area contributed by atoms with Crippen molar-refractivity contribution in [1.29, 1.82) is 0 Å². The van der Waals surface area contributed by atoms with Gasteiger partial charge in [0.2, 0.25) is 11.8 Å². The molecule has 0 aromatic rings. The second kappa shape index (κ2) is 9.32. The summed E-state index contributed by atoms with van der Waals surface area (Å²) in [6.07, 6.45) is 2.23. The third-order valence-corrected chi connectivity index (χ3v) is 8.77. The summed E-state index contributed by atoms with van der Waals surface area (Å²) < 4.78 is 27.2. The molecule has 31 heavy (non-hydrogen) atoms. The minimum Gasteiger partial charge on any atom is -0.353 e. The first kappa shape index (κ1) is 22.9. The lowest BCUT2D eigenvalue weighted by Crippen LogP contribution is -2.60. The number of likely N-dealkylation sites (tertiary alicyclic amines) is 1. The molecule has 0 spiro atoms. The topological polar surface area (TPSA) is 61.4 Å². The third-order valence-electron chi connectivity index (χ3n) is 8.77. The number of carbonyl (C=O) groups is 2. The third kappa shape index (κ3) is 4.76. The number of fused-ring (bicyclic) bond motifs is 1. The standard InChI is InChI=1S/C24H39F2N3O2/c1-13-4-5-15(23(30)28-17-6-7-20(25)21(26)11-17)9-18(13)19-10-16-12-27-14(2)8-22(16)29(3)24(19)31/h13-22,27H,4-12H2,1-3H3,(H,28,30). The molecule has 10 unspecified atom stereocenters. The Labute approximate surface area is 185 Å². The fraction of sp³-hybridized carbons (Fsp3) is 0.917. The first-order valence-electron chi connectivity index (χ1n) is 12.3. The van der Waals surface area contributed by atoms with Gasteiger partial charge in [0.1, 0.15) is 12.3 Å². The van der Waals surface area contributed by atoms with E-state index in [4.69, 9.17) is 0 Å². The van der Waals surface area contributed by atoms with E-state index in [-0.39, 0.29) is 48.5 Å². The molecule has 2 aliphatic heterocycles. The summed E-state index contributed by atoms with van der Waals surface area (Å²) >= 11 is 0. The van der Waals surface area contributed by atoms with Crippen molar-refractivity contribution in [2.45, 2.75) is 95.7 Å². The van der Waals surface area contributed by atoms with Crippen LogP contribution in [0.4, 0.5) is 8.78 Å². The number of hydrogen-bond acceptors (Lipinski definition) is 3. The lowest BCUT2D eigenvalue weighted by Gasteiger charge is -2.50. The van der Waals surface area contributed by atoms with Crippen LogP contribution in [0.5, 0.6) is 0 Å². The van der Waals surface area contributed by atoms with Crippen molar-refractivity contribution in [2.75, 3.05) is 13.6 Å². The summed E-state index contributed by atoms with van der Waals surface area (Å²) in [6, 6.07) is 0.481. The Morgan fingerprint density at radius 2 is 1.81 bits per heavy atom. The van der Waals surface area contributed by atoms with E-state index >= 15 is 0 Å². The number of amides is 2. The predicted molar refractivity (Wildman–Crippen MR) is 116 cm³/mol. The highest BCUT2D eigenvalue weighted by Gasteiger charge is 2.47. The Hall–Kier alpha value is -1.24. The first-order chi connectivity index (χ1) is 14.7. The highest BCUT2D eigenvalue weighted by Crippen LogP contribution is 2.44. The number of halogens is 2. The van der Waals surface area contributed by atoms with E-state index in [9.17, 15) is 18.4 Å². The van der Waals surface area contributed by atoms with Crippen LogP contribution in [0.3, 0.4) is 0 Å². The molecule has 4 fully saturated rings. The van der Waals surface area contributed by atoms with Gasteiger partial charge < -0.3 is 15.5 Å². The molecular weight excluding hydrogens is 400 g/mol. The molecule has 0 aromatic carbocycles. The summed E-state index contributed by atoms with van der Waals surface area (Å²) in [5.74, 6) is 1.14. The lowest BCUT2D eigenvalue weighted by molar-refractivity contribution is -0.149. The van der Waals surface area contributed by atoms with Gasteiger partial charge in [0.25, 0.3) is 0 Å². The maximum absolute atomic E-state index is 13.7. The van der Waals surface area contributed by atoms with Gasteiger partial charge in [0.15, 0.2) is 0 Å². The largest absolute Gasteiger partial charge is 0.353 e. The number of piperidine rings is 2. The van der Waals surface area contributed by atoms with E-state index < -0.39 is 12.3 Å². The molecule has 176 valence electrons. The first-order valence-corrected chi connectivity index (χ1v) is 12.3. The van der Waals surface area contributed by atoms with Gasteiger partial charge in [0, 0.05) is 50.0 Å². The molecule has 2 saturated heterocycles. The van der Waals surface area contributed by atoms with Crippen molar-refractivity contribution in [3.63, 3.8) is 0 Å². The van der Waals surface area contributed by atoms with Crippen LogP contribution in [0.25, 0.3) is 0 Å². The van der Waals surface area contributed by atoms with Crippen molar-refractivity contribution in [1.82, 2.24) is 15.5 Å². The van der Waals surface area contributed by atoms with Crippen LogP contribution in [0.1, 0.15) is 65.2 Å². The Kier molecular flexibility index (Phi) is 6.90. The fourth-order valence-corrected chi connectivity index (χ4v) is 6.74. The summed E-state index contributed by atoms with van der Waals surface area (Å²) in [7, 11) is 1.95. The maximum Gasteiger partial charge on any atom is 0.225 e. The zero-order valence-corrected chi connectivity index (χ0v) is 19.2. The molecule has 2 N–H and O–H groups in total. The number of alkyl halides is 2. The number of nitrogens with one attached hydrogen (secondary N) is 2. The van der Waals surface area contributed by atoms with Crippen LogP contribution in [0.15, 0.2) is 0 Å². The minimum absolute atomic E-state index is 0.0238. The molecule has 2 aliphatic carbocycles. The van der Waals surface area contributed by atoms with Gasteiger partial charge in [-0.2, -0.15) is 0 Å². The molecule has 5 nitrogen and oxygen atoms in total. The summed E-state index contributed by atoms with van der Waals surface area (Å²) in [5.41, 5.74) is 0. The van der Waals surface area contributed by atoms with Crippen LogP contribution in [-0.2, 0) is 9.59 Å². The van der Waals surface area contributed by atoms with Crippen LogP contribution >= 0.6 is 0 Å². The average Bonchev–Trinajstić information content (AvgIpc) is 2.74. The van der Waals surface area contributed by atoms with Gasteiger partial charge in [-0.1, -0.05) is 6.92 Å². The molecule has 7 heteroatoms.